The molecule has 0 N–H and O–H groups in total. The van der Waals surface area contributed by atoms with Crippen molar-refractivity contribution >= 4 is 65.8 Å². The summed E-state index contributed by atoms with van der Waals surface area (Å²) in [4.78, 5) is 29.5. The molecule has 9 heteroatoms. The third-order valence-corrected chi connectivity index (χ3v) is 27.1. The summed E-state index contributed by atoms with van der Waals surface area (Å²) in [6, 6.07) is 163. The number of aromatic nitrogens is 6. The van der Waals surface area contributed by atoms with E-state index < -0.39 is 0 Å². The fourth-order valence-corrected chi connectivity index (χ4v) is 18.6. The topological polar surface area (TPSA) is 117 Å². The lowest BCUT2D eigenvalue weighted by Crippen LogP contribution is -2.17. The number of hydrogen-bond donors (Lipinski definition) is 0. The minimum Gasteiger partial charge on any atom is -0.456 e. The maximum Gasteiger partial charge on any atom is 0.144 e. The van der Waals surface area contributed by atoms with Crippen LogP contribution in [0.1, 0.15) is 132 Å². The summed E-state index contributed by atoms with van der Waals surface area (Å²) < 4.78 is 18.4. The molecule has 24 rings (SSSR count). The zero-order valence-electron chi connectivity index (χ0n) is 87.4. The molecule has 0 atom stereocenters. The first-order chi connectivity index (χ1) is 72.0. The van der Waals surface area contributed by atoms with Gasteiger partial charge < -0.3 is 13.3 Å². The quantitative estimate of drug-likeness (QED) is 0.111. The van der Waals surface area contributed by atoms with E-state index in [0.717, 1.165) is 129 Å². The smallest absolute Gasteiger partial charge is 0.144 e. The molecule has 24 aromatic rings. The van der Waals surface area contributed by atoms with E-state index in [9.17, 15) is 0 Å². The zero-order valence-corrected chi connectivity index (χ0v) is 87.4. The van der Waals surface area contributed by atoms with Gasteiger partial charge in [0.2, 0.25) is 0 Å². The van der Waals surface area contributed by atoms with Crippen molar-refractivity contribution in [2.45, 2.75) is 131 Å². The van der Waals surface area contributed by atoms with Gasteiger partial charge in [-0.3, -0.25) is 0 Å². The molecule has 0 aliphatic carbocycles. The second-order valence-electron chi connectivity index (χ2n) is 43.4. The van der Waals surface area contributed by atoms with Crippen molar-refractivity contribution in [3.05, 3.63) is 496 Å². The van der Waals surface area contributed by atoms with Crippen LogP contribution in [0.4, 0.5) is 0 Å². The number of para-hydroxylation sites is 4. The van der Waals surface area contributed by atoms with E-state index in [4.69, 9.17) is 43.2 Å². The molecule has 0 unspecified atom stereocenters. The molecular formula is C140H122N6O3. The molecule has 9 nitrogen and oxygen atoms in total. The van der Waals surface area contributed by atoms with Gasteiger partial charge in [-0.2, -0.15) is 0 Å². The molecular weight excluding hydrogens is 1810 g/mol. The van der Waals surface area contributed by atoms with E-state index in [-0.39, 0.29) is 27.1 Å². The molecule has 0 amide bonds. The zero-order chi connectivity index (χ0) is 103. The van der Waals surface area contributed by atoms with E-state index >= 15 is 0 Å². The van der Waals surface area contributed by atoms with Gasteiger partial charge in [0.15, 0.2) is 0 Å². The lowest BCUT2D eigenvalue weighted by atomic mass is 9.83. The van der Waals surface area contributed by atoms with Gasteiger partial charge in [-0.1, -0.05) is 492 Å². The first kappa shape index (κ1) is 99.0. The Morgan fingerprint density at radius 3 is 0.732 bits per heavy atom. The number of benzene rings is 18. The molecule has 0 aliphatic heterocycles. The lowest BCUT2D eigenvalue weighted by Gasteiger charge is -2.22. The highest BCUT2D eigenvalue weighted by atomic mass is 16.3. The Morgan fingerprint density at radius 2 is 0.376 bits per heavy atom. The van der Waals surface area contributed by atoms with Crippen molar-refractivity contribution in [3.63, 3.8) is 0 Å². The van der Waals surface area contributed by atoms with Crippen LogP contribution in [0.25, 0.3) is 211 Å². The number of rotatable bonds is 13. The number of hydrogen-bond acceptors (Lipinski definition) is 9. The van der Waals surface area contributed by atoms with Crippen molar-refractivity contribution in [1.82, 2.24) is 29.9 Å². The fraction of sp³-hybridized carbons (Fsp3) is 0.143. The van der Waals surface area contributed by atoms with E-state index in [2.05, 4.69) is 474 Å². The normalized spacial score (nSPS) is 11.7. The maximum absolute atomic E-state index is 6.25. The minimum atomic E-state index is -0.165. The Hall–Kier alpha value is -17.4. The standard InChI is InChI=1S/C32H28N2.2C28H24O.C26H22N2O.C26H24N2/c1-32(2,3)31-33-29(27-18-14-25(15-19-27)23-10-6-4-7-11-23)22-30(34-31)28-20-16-26(17-21-28)24-12-8-5-9-13-24;1-28(2,3)23-16-21(19-9-5-4-6-10-19)15-22(17-23)20-13-14-27-25(18-20)24-11-7-8-12-26(24)29-27;1-28(2,3)23-16-21(19-9-5-4-6-10-19)15-22(17-23)20-13-14-25-24-11-7-8-12-26(24)29-27(25)18-20;1-26(2,3)25-27-21(17-10-5-4-6-11-17)16-22(28-25)20-14-9-13-19-18-12-7-8-15-23(18)29-24(19)20;1-26(2,3)25-27-23(21-12-8-5-9-13-21)18-24(28-25)22-16-14-20(15-17-22)19-10-6-4-7-11-19/h4-22H,1-3H3;2*4-18H,1-3H3;4-16H,1-3H3;4-18H,1-3H3. The molecule has 0 bridgehead atoms. The van der Waals surface area contributed by atoms with Crippen LogP contribution in [0.5, 0.6) is 0 Å². The number of furan rings is 3. The minimum absolute atomic E-state index is 0.0724. The molecule has 0 saturated carbocycles. The first-order valence-corrected chi connectivity index (χ1v) is 51.4. The fourth-order valence-electron chi connectivity index (χ4n) is 18.6. The van der Waals surface area contributed by atoms with Crippen LogP contribution in [0.15, 0.2) is 480 Å². The summed E-state index contributed by atoms with van der Waals surface area (Å²) in [5.41, 5.74) is 37.1. The highest BCUT2D eigenvalue weighted by Gasteiger charge is 2.27. The van der Waals surface area contributed by atoms with Crippen molar-refractivity contribution in [2.75, 3.05) is 0 Å². The van der Waals surface area contributed by atoms with Crippen LogP contribution >= 0.6 is 0 Å². The van der Waals surface area contributed by atoms with Gasteiger partial charge in [0.25, 0.3) is 0 Å². The molecule has 730 valence electrons. The predicted octanol–water partition coefficient (Wildman–Crippen LogP) is 38.7. The summed E-state index contributed by atoms with van der Waals surface area (Å²) in [5.74, 6) is 2.53. The summed E-state index contributed by atoms with van der Waals surface area (Å²) in [7, 11) is 0. The Morgan fingerprint density at radius 1 is 0.141 bits per heavy atom. The monoisotopic (exact) mass is 1930 g/mol. The van der Waals surface area contributed by atoms with Crippen LogP contribution in [0.2, 0.25) is 0 Å². The third kappa shape index (κ3) is 22.8. The Labute approximate surface area is 875 Å². The molecule has 0 radical (unpaired) electrons. The van der Waals surface area contributed by atoms with Gasteiger partial charge in [-0.15, -0.1) is 0 Å². The van der Waals surface area contributed by atoms with E-state index in [1.165, 1.54) is 111 Å². The summed E-state index contributed by atoms with van der Waals surface area (Å²) >= 11 is 0. The molecule has 149 heavy (non-hydrogen) atoms. The van der Waals surface area contributed by atoms with Crippen molar-refractivity contribution in [1.29, 1.82) is 0 Å². The van der Waals surface area contributed by atoms with Crippen LogP contribution in [0.3, 0.4) is 0 Å². The largest absolute Gasteiger partial charge is 0.456 e. The van der Waals surface area contributed by atoms with E-state index in [0.29, 0.717) is 0 Å². The maximum atomic E-state index is 6.25. The van der Waals surface area contributed by atoms with Gasteiger partial charge in [-0.05, 0) is 179 Å². The Bertz CT molecular complexity index is 8690. The third-order valence-electron chi connectivity index (χ3n) is 27.1. The van der Waals surface area contributed by atoms with Crippen LogP contribution in [0, 0.1) is 0 Å². The Balaban J connectivity index is 0.000000113. The van der Waals surface area contributed by atoms with E-state index in [1.807, 2.05) is 97.1 Å². The average Bonchev–Trinajstić information content (AvgIpc) is 1.62. The van der Waals surface area contributed by atoms with Gasteiger partial charge in [0, 0.05) is 81.9 Å². The Kier molecular flexibility index (Phi) is 28.1. The molecule has 0 fully saturated rings. The summed E-state index contributed by atoms with van der Waals surface area (Å²) in [5, 5.41) is 6.90. The number of nitrogens with zero attached hydrogens (tertiary/aromatic N) is 6. The van der Waals surface area contributed by atoms with Gasteiger partial charge in [0.1, 0.15) is 51.0 Å². The van der Waals surface area contributed by atoms with E-state index in [1.54, 1.807) is 0 Å². The molecule has 18 aromatic carbocycles. The highest BCUT2D eigenvalue weighted by Crippen LogP contribution is 2.44. The number of fused-ring (bicyclic) bond motifs is 9. The van der Waals surface area contributed by atoms with Crippen LogP contribution < -0.4 is 0 Å². The van der Waals surface area contributed by atoms with Crippen LogP contribution in [-0.2, 0) is 27.1 Å². The summed E-state index contributed by atoms with van der Waals surface area (Å²) in [6.07, 6.45) is 0. The van der Waals surface area contributed by atoms with Gasteiger partial charge in [0.05, 0.1) is 34.2 Å². The van der Waals surface area contributed by atoms with Crippen molar-refractivity contribution in [2.24, 2.45) is 0 Å². The highest BCUT2D eigenvalue weighted by molar-refractivity contribution is 6.10. The molecule has 6 aromatic heterocycles. The SMILES string of the molecule is CC(C)(C)c1cc(-c2ccccc2)cc(-c2ccc3c(c2)oc2ccccc23)c1.CC(C)(C)c1cc(-c2ccccc2)cc(-c2ccc3oc4ccccc4c3c2)c1.CC(C)(C)c1nc(-c2ccc(-c3ccccc3)cc2)cc(-c2ccc(-c3ccccc3)cc2)n1.CC(C)(C)c1nc(-c2ccccc2)cc(-c2ccc(-c3ccccc3)cc2)n1.CC(C)(C)c1nc(-c2ccccc2)cc(-c2cccc3c2oc2ccccc23)n1. The second-order valence-corrected chi connectivity index (χ2v) is 43.4. The summed E-state index contributed by atoms with van der Waals surface area (Å²) in [6.45, 7) is 33.0. The predicted molar refractivity (Wildman–Crippen MR) is 625 cm³/mol. The lowest BCUT2D eigenvalue weighted by molar-refractivity contribution is 0.546. The molecule has 0 saturated heterocycles. The van der Waals surface area contributed by atoms with Crippen molar-refractivity contribution < 1.29 is 13.3 Å². The molecule has 0 aliphatic rings. The second kappa shape index (κ2) is 42.3. The van der Waals surface area contributed by atoms with Gasteiger partial charge >= 0.3 is 0 Å². The van der Waals surface area contributed by atoms with Crippen molar-refractivity contribution in [3.8, 4) is 145 Å². The first-order valence-electron chi connectivity index (χ1n) is 51.4. The average molecular weight is 1940 g/mol. The van der Waals surface area contributed by atoms with Crippen LogP contribution in [-0.4, -0.2) is 29.9 Å². The molecule has 6 heterocycles. The van der Waals surface area contributed by atoms with Gasteiger partial charge in [-0.25, -0.2) is 29.9 Å². The molecule has 0 spiro atoms.